The molecule has 0 bridgehead atoms. The van der Waals surface area contributed by atoms with Crippen LogP contribution in [0.2, 0.25) is 0 Å². The Hall–Kier alpha value is -2.26. The van der Waals surface area contributed by atoms with Gasteiger partial charge in [0.2, 0.25) is 5.60 Å². The third-order valence-corrected chi connectivity index (χ3v) is 5.60. The highest BCUT2D eigenvalue weighted by atomic mass is 32.2. The van der Waals surface area contributed by atoms with Gasteiger partial charge < -0.3 is 18.9 Å². The lowest BCUT2D eigenvalue weighted by Gasteiger charge is -2.41. The highest BCUT2D eigenvalue weighted by molar-refractivity contribution is 7.84. The maximum absolute atomic E-state index is 13.0. The van der Waals surface area contributed by atoms with Crippen molar-refractivity contribution < 1.29 is 32.1 Å². The second kappa shape index (κ2) is 10.4. The molecule has 7 nitrogen and oxygen atoms in total. The van der Waals surface area contributed by atoms with Crippen LogP contribution in [0.15, 0.2) is 60.7 Å². The van der Waals surface area contributed by atoms with Gasteiger partial charge in [-0.05, 0) is 24.0 Å². The molecule has 8 heteroatoms. The quantitative estimate of drug-likeness (QED) is 0.427. The van der Waals surface area contributed by atoms with E-state index in [1.165, 1.54) is 6.42 Å². The lowest BCUT2D eigenvalue weighted by atomic mass is 9.86. The minimum atomic E-state index is -3.92. The summed E-state index contributed by atoms with van der Waals surface area (Å²) in [7, 11) is 0.441. The number of nitrogens with zero attached hydrogens (tertiary/aromatic N) is 1. The number of quaternary nitrogens is 1. The summed E-state index contributed by atoms with van der Waals surface area (Å²) in [6.45, 7) is 1.41. The minimum absolute atomic E-state index is 0.267. The van der Waals surface area contributed by atoms with Gasteiger partial charge in [0, 0.05) is 12.7 Å². The fourth-order valence-electron chi connectivity index (χ4n) is 3.75. The number of likely N-dealkylation sites (tertiary alicyclic amines) is 1. The van der Waals surface area contributed by atoms with Crippen LogP contribution in [0, 0.1) is 0 Å². The first kappa shape index (κ1) is 25.0. The van der Waals surface area contributed by atoms with Gasteiger partial charge in [0.15, 0.2) is 0 Å². The molecule has 0 aromatic heterocycles. The first-order valence-electron chi connectivity index (χ1n) is 10.2. The molecular weight excluding hydrogens is 418 g/mol. The van der Waals surface area contributed by atoms with E-state index in [-0.39, 0.29) is 6.04 Å². The number of ether oxygens (including phenoxy) is 1. The molecule has 0 radical (unpaired) electrons. The van der Waals surface area contributed by atoms with Gasteiger partial charge in [0.25, 0.3) is 0 Å². The summed E-state index contributed by atoms with van der Waals surface area (Å²) in [5, 5.41) is 11.4. The van der Waals surface area contributed by atoms with Gasteiger partial charge >= 0.3 is 5.97 Å². The van der Waals surface area contributed by atoms with Crippen LogP contribution in [-0.2, 0) is 25.3 Å². The number of rotatable bonds is 5. The van der Waals surface area contributed by atoms with Crippen LogP contribution >= 0.6 is 0 Å². The van der Waals surface area contributed by atoms with Gasteiger partial charge in [0.1, 0.15) is 12.6 Å². The molecular formula is C23H31NO6S. The van der Waals surface area contributed by atoms with Gasteiger partial charge in [-0.25, -0.2) is 13.2 Å². The van der Waals surface area contributed by atoms with Crippen molar-refractivity contribution in [1.29, 1.82) is 0 Å². The number of carbonyl (C=O) groups is 1. The fraction of sp³-hybridized carbons (Fsp3) is 0.435. The summed E-state index contributed by atoms with van der Waals surface area (Å²) < 4.78 is 33.8. The molecule has 31 heavy (non-hydrogen) atoms. The number of esters is 1. The number of piperidine rings is 1. The maximum Gasteiger partial charge on any atom is 0.347 e. The predicted molar refractivity (Wildman–Crippen MR) is 117 cm³/mol. The van der Waals surface area contributed by atoms with Crippen molar-refractivity contribution in [2.75, 3.05) is 33.5 Å². The Morgan fingerprint density at radius 2 is 1.52 bits per heavy atom. The van der Waals surface area contributed by atoms with Crippen LogP contribution < -0.4 is 0 Å². The Labute approximate surface area is 184 Å². The first-order valence-corrected chi connectivity index (χ1v) is 12.0. The van der Waals surface area contributed by atoms with E-state index in [9.17, 15) is 9.90 Å². The molecule has 1 aliphatic heterocycles. The van der Waals surface area contributed by atoms with E-state index in [0.717, 1.165) is 23.9 Å². The number of carbonyl (C=O) groups excluding carboxylic acids is 1. The first-order chi connectivity index (χ1) is 14.4. The van der Waals surface area contributed by atoms with Crippen molar-refractivity contribution in [3.05, 3.63) is 71.8 Å². The highest BCUT2D eigenvalue weighted by Gasteiger charge is 2.43. The van der Waals surface area contributed by atoms with E-state index in [0.29, 0.717) is 24.0 Å². The van der Waals surface area contributed by atoms with Crippen LogP contribution in [0.5, 0.6) is 0 Å². The zero-order valence-electron chi connectivity index (χ0n) is 18.2. The smallest absolute Gasteiger partial charge is 0.347 e. The van der Waals surface area contributed by atoms with Gasteiger partial charge in [-0.15, -0.1) is 0 Å². The molecule has 1 saturated heterocycles. The van der Waals surface area contributed by atoms with Crippen LogP contribution in [0.1, 0.15) is 30.4 Å². The van der Waals surface area contributed by atoms with E-state index >= 15 is 0 Å². The lowest BCUT2D eigenvalue weighted by molar-refractivity contribution is -0.920. The molecule has 0 amide bonds. The van der Waals surface area contributed by atoms with E-state index in [1.807, 2.05) is 36.4 Å². The molecule has 0 saturated carbocycles. The predicted octanol–water partition coefficient (Wildman–Crippen LogP) is 2.26. The lowest BCUT2D eigenvalue weighted by Crippen LogP contribution is -2.54. The standard InChI is InChI=1S/C22H28NO3.CH4O3S/c1-23(2)16-10-9-15-20(23)17-26-21(24)22(25,18-11-5-3-6-12-18)19-13-7-4-8-14-19;1-5(2,3)4/h3-8,11-14,20,25H,9-10,15-17H2,1-2H3;1H3,(H,2,3,4)/q+1;/p-1. The molecule has 1 heterocycles. The van der Waals surface area contributed by atoms with Crippen molar-refractivity contribution in [3.63, 3.8) is 0 Å². The summed E-state index contributed by atoms with van der Waals surface area (Å²) in [5.74, 6) is -0.611. The molecule has 0 aliphatic carbocycles. The Balaban J connectivity index is 0.000000614. The van der Waals surface area contributed by atoms with Gasteiger partial charge in [-0.1, -0.05) is 60.7 Å². The van der Waals surface area contributed by atoms with Gasteiger partial charge in [-0.2, -0.15) is 0 Å². The Kier molecular flexibility index (Phi) is 8.36. The molecule has 1 fully saturated rings. The Morgan fingerprint density at radius 3 is 1.94 bits per heavy atom. The Morgan fingerprint density at radius 1 is 1.06 bits per heavy atom. The molecule has 1 aliphatic rings. The maximum atomic E-state index is 13.0. The summed E-state index contributed by atoms with van der Waals surface area (Å²) in [6, 6.07) is 18.3. The summed E-state index contributed by atoms with van der Waals surface area (Å²) >= 11 is 0. The molecule has 2 aromatic rings. The second-order valence-corrected chi connectivity index (χ2v) is 9.81. The summed E-state index contributed by atoms with van der Waals surface area (Å²) in [4.78, 5) is 13.0. The number of likely N-dealkylation sites (N-methyl/N-ethyl adjacent to an activating group) is 1. The monoisotopic (exact) mass is 449 g/mol. The van der Waals surface area contributed by atoms with Crippen molar-refractivity contribution in [3.8, 4) is 0 Å². The number of aliphatic hydroxyl groups is 1. The molecule has 1 atom stereocenters. The average Bonchev–Trinajstić information content (AvgIpc) is 2.72. The largest absolute Gasteiger partial charge is 0.748 e. The normalized spacial score (nSPS) is 18.4. The molecule has 3 rings (SSSR count). The molecule has 170 valence electrons. The fourth-order valence-corrected chi connectivity index (χ4v) is 3.75. The topological polar surface area (TPSA) is 104 Å². The summed E-state index contributed by atoms with van der Waals surface area (Å²) in [5.41, 5.74) is -0.754. The van der Waals surface area contributed by atoms with Crippen molar-refractivity contribution in [2.24, 2.45) is 0 Å². The Bertz CT molecular complexity index is 897. The van der Waals surface area contributed by atoms with Gasteiger partial charge in [-0.3, -0.25) is 0 Å². The average molecular weight is 450 g/mol. The van der Waals surface area contributed by atoms with E-state index < -0.39 is 21.7 Å². The molecule has 2 aromatic carbocycles. The number of hydrogen-bond acceptors (Lipinski definition) is 6. The van der Waals surface area contributed by atoms with Crippen LogP contribution in [0.4, 0.5) is 0 Å². The molecule has 1 N–H and O–H groups in total. The SMILES string of the molecule is CS(=O)(=O)[O-].C[N+]1(C)CCCCC1COC(=O)C(O)(c1ccccc1)c1ccccc1. The zero-order chi connectivity index (χ0) is 23.1. The third-order valence-electron chi connectivity index (χ3n) is 5.60. The zero-order valence-corrected chi connectivity index (χ0v) is 19.0. The van der Waals surface area contributed by atoms with E-state index in [1.54, 1.807) is 24.3 Å². The minimum Gasteiger partial charge on any atom is -0.748 e. The van der Waals surface area contributed by atoms with Crippen molar-refractivity contribution in [1.82, 2.24) is 0 Å². The van der Waals surface area contributed by atoms with Crippen LogP contribution in [0.3, 0.4) is 0 Å². The van der Waals surface area contributed by atoms with Gasteiger partial charge in [0.05, 0.1) is 30.8 Å². The number of hydrogen-bond donors (Lipinski definition) is 1. The highest BCUT2D eigenvalue weighted by Crippen LogP contribution is 2.31. The number of benzene rings is 2. The second-order valence-electron chi connectivity index (χ2n) is 8.40. The van der Waals surface area contributed by atoms with Crippen molar-refractivity contribution >= 4 is 16.1 Å². The van der Waals surface area contributed by atoms with E-state index in [4.69, 9.17) is 17.7 Å². The molecule has 0 spiro atoms. The van der Waals surface area contributed by atoms with Crippen molar-refractivity contribution in [2.45, 2.75) is 30.9 Å². The van der Waals surface area contributed by atoms with Crippen LogP contribution in [0.25, 0.3) is 0 Å². The van der Waals surface area contributed by atoms with Crippen LogP contribution in [-0.4, -0.2) is 68.1 Å². The summed E-state index contributed by atoms with van der Waals surface area (Å²) in [6.07, 6.45) is 4.00. The van der Waals surface area contributed by atoms with E-state index in [2.05, 4.69) is 14.1 Å². The molecule has 1 unspecified atom stereocenters. The third kappa shape index (κ3) is 7.14.